The zero-order chi connectivity index (χ0) is 23.2. The molecule has 0 radical (unpaired) electrons. The Bertz CT molecular complexity index is 1110. The van der Waals surface area contributed by atoms with Crippen molar-refractivity contribution in [2.24, 2.45) is 0 Å². The van der Waals surface area contributed by atoms with Crippen molar-refractivity contribution in [1.29, 1.82) is 0 Å². The summed E-state index contributed by atoms with van der Waals surface area (Å²) in [4.78, 5) is 16.4. The fourth-order valence-corrected chi connectivity index (χ4v) is 3.70. The molecule has 8 heteroatoms. The van der Waals surface area contributed by atoms with E-state index < -0.39 is 0 Å². The number of rotatable bonds is 10. The van der Waals surface area contributed by atoms with E-state index in [1.54, 1.807) is 51.9 Å². The van der Waals surface area contributed by atoms with Crippen molar-refractivity contribution in [3.05, 3.63) is 60.1 Å². The SMILES string of the molecule is COc1cc(/C=C/C(=O)NCCn2nc(-c3ccncc3)cc2C2CC2)cc(OC)c1OC. The predicted molar refractivity (Wildman–Crippen MR) is 126 cm³/mol. The van der Waals surface area contributed by atoms with Crippen LogP contribution in [-0.2, 0) is 11.3 Å². The van der Waals surface area contributed by atoms with Crippen molar-refractivity contribution in [3.63, 3.8) is 0 Å². The first kappa shape index (κ1) is 22.4. The third-order valence-electron chi connectivity index (χ3n) is 5.52. The molecule has 2 heterocycles. The largest absolute Gasteiger partial charge is 0.493 e. The Morgan fingerprint density at radius 2 is 1.79 bits per heavy atom. The highest BCUT2D eigenvalue weighted by Crippen LogP contribution is 2.41. The molecule has 3 aromatic rings. The van der Waals surface area contributed by atoms with Crippen LogP contribution in [0.4, 0.5) is 0 Å². The van der Waals surface area contributed by atoms with E-state index in [1.165, 1.54) is 24.6 Å². The average molecular weight is 449 g/mol. The van der Waals surface area contributed by atoms with E-state index in [2.05, 4.69) is 16.4 Å². The Hall–Kier alpha value is -3.81. The zero-order valence-corrected chi connectivity index (χ0v) is 19.1. The second-order valence-electron chi connectivity index (χ2n) is 7.77. The van der Waals surface area contributed by atoms with E-state index in [9.17, 15) is 4.79 Å². The molecular weight excluding hydrogens is 420 g/mol. The van der Waals surface area contributed by atoms with E-state index >= 15 is 0 Å². The van der Waals surface area contributed by atoms with Crippen molar-refractivity contribution >= 4 is 12.0 Å². The van der Waals surface area contributed by atoms with Gasteiger partial charge in [-0.25, -0.2) is 0 Å². The number of carbonyl (C=O) groups is 1. The summed E-state index contributed by atoms with van der Waals surface area (Å²) in [6, 6.07) is 9.65. The monoisotopic (exact) mass is 448 g/mol. The number of nitrogens with zero attached hydrogens (tertiary/aromatic N) is 3. The first-order valence-electron chi connectivity index (χ1n) is 10.9. The number of methoxy groups -OCH3 is 3. The van der Waals surface area contributed by atoms with Crippen LogP contribution in [0.15, 0.2) is 48.8 Å². The Balaban J connectivity index is 1.38. The van der Waals surface area contributed by atoms with Crippen LogP contribution in [0.1, 0.15) is 30.0 Å². The molecule has 0 spiro atoms. The van der Waals surface area contributed by atoms with Gasteiger partial charge in [-0.3, -0.25) is 14.5 Å². The quantitative estimate of drug-likeness (QED) is 0.476. The van der Waals surface area contributed by atoms with Crippen molar-refractivity contribution in [3.8, 4) is 28.5 Å². The molecular formula is C25H28N4O4. The van der Waals surface area contributed by atoms with Crippen molar-refractivity contribution < 1.29 is 19.0 Å². The van der Waals surface area contributed by atoms with Gasteiger partial charge in [0.05, 0.1) is 33.6 Å². The highest BCUT2D eigenvalue weighted by atomic mass is 16.5. The fourth-order valence-electron chi connectivity index (χ4n) is 3.70. The van der Waals surface area contributed by atoms with Crippen LogP contribution in [0, 0.1) is 0 Å². The summed E-state index contributed by atoms with van der Waals surface area (Å²) in [7, 11) is 4.67. The minimum Gasteiger partial charge on any atom is -0.493 e. The van der Waals surface area contributed by atoms with Crippen LogP contribution < -0.4 is 19.5 Å². The number of nitrogens with one attached hydrogen (secondary N) is 1. The molecule has 1 saturated carbocycles. The Kier molecular flexibility index (Phi) is 6.92. The van der Waals surface area contributed by atoms with E-state index in [1.807, 2.05) is 16.8 Å². The number of pyridine rings is 1. The second-order valence-corrected chi connectivity index (χ2v) is 7.77. The van der Waals surface area contributed by atoms with E-state index in [4.69, 9.17) is 19.3 Å². The van der Waals surface area contributed by atoms with Gasteiger partial charge in [0, 0.05) is 42.2 Å². The maximum Gasteiger partial charge on any atom is 0.244 e. The number of benzene rings is 1. The van der Waals surface area contributed by atoms with Crippen LogP contribution in [0.3, 0.4) is 0 Å². The Morgan fingerprint density at radius 3 is 2.39 bits per heavy atom. The van der Waals surface area contributed by atoms with Gasteiger partial charge in [-0.1, -0.05) is 0 Å². The predicted octanol–water partition coefficient (Wildman–Crippen LogP) is 3.68. The van der Waals surface area contributed by atoms with E-state index in [-0.39, 0.29) is 5.91 Å². The second kappa shape index (κ2) is 10.2. The van der Waals surface area contributed by atoms with E-state index in [0.717, 1.165) is 16.8 Å². The normalized spacial score (nSPS) is 13.2. The number of carbonyl (C=O) groups excluding carboxylic acids is 1. The van der Waals surface area contributed by atoms with Gasteiger partial charge < -0.3 is 19.5 Å². The zero-order valence-electron chi connectivity index (χ0n) is 19.1. The lowest BCUT2D eigenvalue weighted by Crippen LogP contribution is -2.26. The van der Waals surface area contributed by atoms with Crippen molar-refractivity contribution in [2.75, 3.05) is 27.9 Å². The fraction of sp³-hybridized carbons (Fsp3) is 0.320. The van der Waals surface area contributed by atoms with E-state index in [0.29, 0.717) is 36.3 Å². The summed E-state index contributed by atoms with van der Waals surface area (Å²) >= 11 is 0. The average Bonchev–Trinajstić information content (AvgIpc) is 3.61. The summed E-state index contributed by atoms with van der Waals surface area (Å²) in [5.41, 5.74) is 3.98. The molecule has 0 saturated heterocycles. The summed E-state index contributed by atoms with van der Waals surface area (Å²) in [6.45, 7) is 1.09. The van der Waals surface area contributed by atoms with Crippen LogP contribution in [0.2, 0.25) is 0 Å². The molecule has 0 atom stereocenters. The summed E-state index contributed by atoms with van der Waals surface area (Å²) in [6.07, 6.45) is 9.12. The highest BCUT2D eigenvalue weighted by Gasteiger charge is 2.28. The van der Waals surface area contributed by atoms with Crippen molar-refractivity contribution in [1.82, 2.24) is 20.1 Å². The third kappa shape index (κ3) is 5.34. The van der Waals surface area contributed by atoms with Gasteiger partial charge in [-0.15, -0.1) is 0 Å². The highest BCUT2D eigenvalue weighted by molar-refractivity contribution is 5.91. The maximum absolute atomic E-state index is 12.4. The molecule has 1 aliphatic rings. The smallest absolute Gasteiger partial charge is 0.244 e. The van der Waals surface area contributed by atoms with Crippen LogP contribution in [0.25, 0.3) is 17.3 Å². The van der Waals surface area contributed by atoms with Gasteiger partial charge in [-0.05, 0) is 54.8 Å². The molecule has 4 rings (SSSR count). The number of aromatic nitrogens is 3. The Morgan fingerprint density at radius 1 is 1.09 bits per heavy atom. The number of ether oxygens (including phenoxy) is 3. The van der Waals surface area contributed by atoms with Gasteiger partial charge in [0.25, 0.3) is 0 Å². The van der Waals surface area contributed by atoms with Gasteiger partial charge in [0.15, 0.2) is 11.5 Å². The third-order valence-corrected chi connectivity index (χ3v) is 5.52. The Labute approximate surface area is 193 Å². The molecule has 1 N–H and O–H groups in total. The van der Waals surface area contributed by atoms with Crippen LogP contribution >= 0.6 is 0 Å². The van der Waals surface area contributed by atoms with Crippen molar-refractivity contribution in [2.45, 2.75) is 25.3 Å². The molecule has 1 fully saturated rings. The molecule has 172 valence electrons. The van der Waals surface area contributed by atoms with Gasteiger partial charge in [0.2, 0.25) is 11.7 Å². The summed E-state index contributed by atoms with van der Waals surface area (Å²) in [5.74, 6) is 1.96. The number of hydrogen-bond acceptors (Lipinski definition) is 6. The summed E-state index contributed by atoms with van der Waals surface area (Å²) < 4.78 is 18.1. The summed E-state index contributed by atoms with van der Waals surface area (Å²) in [5, 5.41) is 7.70. The molecule has 0 aliphatic heterocycles. The lowest BCUT2D eigenvalue weighted by atomic mass is 10.1. The minimum absolute atomic E-state index is 0.182. The lowest BCUT2D eigenvalue weighted by molar-refractivity contribution is -0.116. The molecule has 33 heavy (non-hydrogen) atoms. The van der Waals surface area contributed by atoms with Gasteiger partial charge in [-0.2, -0.15) is 5.10 Å². The topological polar surface area (TPSA) is 87.5 Å². The molecule has 2 aromatic heterocycles. The number of hydrogen-bond donors (Lipinski definition) is 1. The first-order valence-corrected chi connectivity index (χ1v) is 10.9. The molecule has 8 nitrogen and oxygen atoms in total. The number of amides is 1. The van der Waals surface area contributed by atoms with Gasteiger partial charge in [0.1, 0.15) is 0 Å². The standard InChI is InChI=1S/C25H28N4O4/c1-31-22-14-17(15-23(32-2)25(22)33-3)4-7-24(30)27-12-13-29-21(19-5-6-19)16-20(28-29)18-8-10-26-11-9-18/h4,7-11,14-16,19H,5-6,12-13H2,1-3H3,(H,27,30)/b7-4+. The molecule has 1 aliphatic carbocycles. The molecule has 1 amide bonds. The van der Waals surface area contributed by atoms with Crippen LogP contribution in [-0.4, -0.2) is 48.5 Å². The molecule has 0 bridgehead atoms. The van der Waals surface area contributed by atoms with Gasteiger partial charge >= 0.3 is 0 Å². The van der Waals surface area contributed by atoms with Crippen LogP contribution in [0.5, 0.6) is 17.2 Å². The lowest BCUT2D eigenvalue weighted by Gasteiger charge is -2.12. The molecule has 0 unspecified atom stereocenters. The molecule has 1 aromatic carbocycles. The first-order chi connectivity index (χ1) is 16.1. The maximum atomic E-state index is 12.4. The minimum atomic E-state index is -0.182.